The van der Waals surface area contributed by atoms with Crippen LogP contribution in [0, 0.1) is 23.0 Å². The molecule has 0 amide bonds. The number of alkyl halides is 3. The zero-order chi connectivity index (χ0) is 18.4. The number of nitrogens with two attached hydrogens (primary N) is 1. The second kappa shape index (κ2) is 5.64. The van der Waals surface area contributed by atoms with Gasteiger partial charge in [0.25, 0.3) is 5.56 Å². The summed E-state index contributed by atoms with van der Waals surface area (Å²) in [7, 11) is 0. The number of hydrogen-bond donors (Lipinski definition) is 1. The third-order valence-electron chi connectivity index (χ3n) is 2.90. The van der Waals surface area contributed by atoms with Crippen molar-refractivity contribution >= 4 is 11.6 Å². The van der Waals surface area contributed by atoms with Crippen molar-refractivity contribution in [3.8, 4) is 11.8 Å². The maximum atomic E-state index is 13.9. The molecule has 0 radical (unpaired) electrons. The number of hydrogen-bond acceptors (Lipinski definition) is 4. The molecule has 0 unspecified atom stereocenters. The largest absolute Gasteiger partial charge is 0.435 e. The van der Waals surface area contributed by atoms with Gasteiger partial charge in [0.05, 0.1) is 11.3 Å². The van der Waals surface area contributed by atoms with Crippen molar-refractivity contribution in [1.82, 2.24) is 9.24 Å². The Bertz CT molecular complexity index is 966. The third-order valence-corrected chi connectivity index (χ3v) is 3.24. The molecule has 2 N–H and O–H groups in total. The van der Waals surface area contributed by atoms with Gasteiger partial charge in [-0.05, 0) is 6.07 Å². The Morgan fingerprint density at radius 3 is 2.25 bits per heavy atom. The molecule has 0 saturated heterocycles. The van der Waals surface area contributed by atoms with Crippen LogP contribution in [-0.2, 0) is 6.18 Å². The van der Waals surface area contributed by atoms with Gasteiger partial charge >= 0.3 is 11.9 Å². The van der Waals surface area contributed by atoms with E-state index in [9.17, 15) is 31.5 Å². The Morgan fingerprint density at radius 1 is 1.17 bits per heavy atom. The molecule has 0 fully saturated rings. The summed E-state index contributed by atoms with van der Waals surface area (Å²) >= 11 is 5.30. The number of nitrogens with zero attached hydrogens (tertiary/aromatic N) is 3. The van der Waals surface area contributed by atoms with Crippen molar-refractivity contribution in [2.45, 2.75) is 6.18 Å². The zero-order valence-electron chi connectivity index (χ0n) is 11.2. The van der Waals surface area contributed by atoms with Gasteiger partial charge in [0, 0.05) is 6.07 Å². The van der Waals surface area contributed by atoms with Gasteiger partial charge in [-0.2, -0.15) is 18.4 Å². The van der Waals surface area contributed by atoms with E-state index >= 15 is 0 Å². The second-order valence-electron chi connectivity index (χ2n) is 4.35. The summed E-state index contributed by atoms with van der Waals surface area (Å²) in [5.74, 6) is 2.27. The Kier molecular flexibility index (Phi) is 4.11. The molecule has 2 rings (SSSR count). The lowest BCUT2D eigenvalue weighted by Gasteiger charge is -2.15. The molecule has 1 aromatic heterocycles. The van der Waals surface area contributed by atoms with Gasteiger partial charge in [-0.1, -0.05) is 11.6 Å². The van der Waals surface area contributed by atoms with Gasteiger partial charge in [0.2, 0.25) is 0 Å². The van der Waals surface area contributed by atoms with Crippen molar-refractivity contribution in [3.05, 3.63) is 60.9 Å². The lowest BCUT2D eigenvalue weighted by molar-refractivity contribution is -0.143. The normalized spacial score (nSPS) is 11.4. The molecule has 0 bridgehead atoms. The number of nitriles is 1. The molecule has 0 saturated carbocycles. The lowest BCUT2D eigenvalue weighted by atomic mass is 10.2. The van der Waals surface area contributed by atoms with Gasteiger partial charge in [0.1, 0.15) is 22.7 Å². The van der Waals surface area contributed by atoms with Crippen LogP contribution < -0.4 is 17.1 Å². The number of aromatic nitrogens is 2. The molecule has 1 aromatic carbocycles. The zero-order valence-corrected chi connectivity index (χ0v) is 11.9. The summed E-state index contributed by atoms with van der Waals surface area (Å²) in [6.45, 7) is 0. The first-order valence-electron chi connectivity index (χ1n) is 5.80. The Balaban J connectivity index is 2.95. The summed E-state index contributed by atoms with van der Waals surface area (Å²) in [5.41, 5.74) is -7.28. The minimum atomic E-state index is -5.24. The first kappa shape index (κ1) is 17.5. The highest BCUT2D eigenvalue weighted by Gasteiger charge is 2.39. The molecule has 0 aliphatic carbocycles. The molecule has 6 nitrogen and oxygen atoms in total. The van der Waals surface area contributed by atoms with E-state index in [1.165, 1.54) is 6.07 Å². The van der Waals surface area contributed by atoms with Gasteiger partial charge in [-0.3, -0.25) is 4.79 Å². The van der Waals surface area contributed by atoms with Gasteiger partial charge < -0.3 is 5.84 Å². The topological polar surface area (TPSA) is 93.8 Å². The predicted octanol–water partition coefficient (Wildman–Crippen LogP) is 1.54. The average Bonchev–Trinajstić information content (AvgIpc) is 2.47. The summed E-state index contributed by atoms with van der Waals surface area (Å²) in [6.07, 6.45) is -5.24. The van der Waals surface area contributed by atoms with E-state index in [4.69, 9.17) is 22.7 Å². The highest BCUT2D eigenvalue weighted by Crippen LogP contribution is 2.31. The fraction of sp³-hybridized carbons (Fsp3) is 0.0833. The summed E-state index contributed by atoms with van der Waals surface area (Å²) in [6, 6.07) is 1.97. The maximum absolute atomic E-state index is 13.9. The van der Waals surface area contributed by atoms with Crippen LogP contribution in [0.15, 0.2) is 21.7 Å². The molecule has 24 heavy (non-hydrogen) atoms. The molecule has 0 aliphatic rings. The molecule has 1 heterocycles. The van der Waals surface area contributed by atoms with Crippen molar-refractivity contribution in [3.63, 3.8) is 0 Å². The standard InChI is InChI=1S/C12H4ClF5N4O2/c13-8-9(12(16,17)18)22(20)11(24)21(10(8)23)7-2-5(14)4(3-19)1-6(7)15/h1-2H,20H2. The number of rotatable bonds is 1. The number of halogens is 6. The molecular weight excluding hydrogens is 363 g/mol. The maximum Gasteiger partial charge on any atom is 0.435 e. The van der Waals surface area contributed by atoms with Gasteiger partial charge in [-0.25, -0.2) is 22.8 Å². The first-order valence-corrected chi connectivity index (χ1v) is 6.17. The minimum absolute atomic E-state index is 0.170. The quantitative estimate of drug-likeness (QED) is 0.612. The van der Waals surface area contributed by atoms with Crippen molar-refractivity contribution in [2.75, 3.05) is 5.84 Å². The van der Waals surface area contributed by atoms with Gasteiger partial charge in [0.15, 0.2) is 5.69 Å². The Hall–Kier alpha value is -2.87. The molecular formula is C12H4ClF5N4O2. The SMILES string of the molecule is N#Cc1cc(F)c(-n2c(=O)c(Cl)c(C(F)(F)F)n(N)c2=O)cc1F. The fourth-order valence-electron chi connectivity index (χ4n) is 1.86. The van der Waals surface area contributed by atoms with Crippen LogP contribution in [0.4, 0.5) is 22.0 Å². The summed E-state index contributed by atoms with van der Waals surface area (Å²) < 4.78 is 65.3. The van der Waals surface area contributed by atoms with Crippen LogP contribution in [0.5, 0.6) is 0 Å². The molecule has 2 aromatic rings. The van der Waals surface area contributed by atoms with E-state index in [1.54, 1.807) is 0 Å². The molecule has 12 heteroatoms. The number of nitrogen functional groups attached to an aromatic ring is 1. The van der Waals surface area contributed by atoms with Crippen LogP contribution in [0.3, 0.4) is 0 Å². The smallest absolute Gasteiger partial charge is 0.335 e. The molecule has 126 valence electrons. The van der Waals surface area contributed by atoms with Crippen molar-refractivity contribution in [2.24, 2.45) is 0 Å². The third kappa shape index (κ3) is 2.61. The van der Waals surface area contributed by atoms with E-state index in [2.05, 4.69) is 0 Å². The summed E-state index contributed by atoms with van der Waals surface area (Å²) in [5, 5.41) is 7.06. The van der Waals surface area contributed by atoms with E-state index in [0.29, 0.717) is 12.1 Å². The highest BCUT2D eigenvalue weighted by atomic mass is 35.5. The molecule has 0 spiro atoms. The molecule has 0 aliphatic heterocycles. The van der Waals surface area contributed by atoms with Crippen LogP contribution in [-0.4, -0.2) is 9.24 Å². The van der Waals surface area contributed by atoms with Crippen LogP contribution >= 0.6 is 11.6 Å². The van der Waals surface area contributed by atoms with Gasteiger partial charge in [-0.15, -0.1) is 0 Å². The van der Waals surface area contributed by atoms with E-state index in [0.717, 1.165) is 0 Å². The highest BCUT2D eigenvalue weighted by molar-refractivity contribution is 6.31. The predicted molar refractivity (Wildman–Crippen MR) is 71.1 cm³/mol. The van der Waals surface area contributed by atoms with Crippen molar-refractivity contribution in [1.29, 1.82) is 5.26 Å². The van der Waals surface area contributed by atoms with E-state index in [1.807, 2.05) is 0 Å². The monoisotopic (exact) mass is 366 g/mol. The Labute approximate surface area is 133 Å². The fourth-order valence-corrected chi connectivity index (χ4v) is 2.14. The first-order chi connectivity index (χ1) is 11.0. The van der Waals surface area contributed by atoms with E-state index < -0.39 is 55.7 Å². The lowest BCUT2D eigenvalue weighted by Crippen LogP contribution is -2.46. The summed E-state index contributed by atoms with van der Waals surface area (Å²) in [4.78, 5) is 23.9. The Morgan fingerprint density at radius 2 is 1.75 bits per heavy atom. The second-order valence-corrected chi connectivity index (χ2v) is 4.73. The van der Waals surface area contributed by atoms with E-state index in [-0.39, 0.29) is 4.57 Å². The molecule has 0 atom stereocenters. The average molecular weight is 367 g/mol. The van der Waals surface area contributed by atoms with Crippen LogP contribution in [0.25, 0.3) is 5.69 Å². The van der Waals surface area contributed by atoms with Crippen LogP contribution in [0.2, 0.25) is 5.02 Å². The van der Waals surface area contributed by atoms with Crippen molar-refractivity contribution < 1.29 is 22.0 Å². The minimum Gasteiger partial charge on any atom is -0.335 e. The number of benzene rings is 1. The van der Waals surface area contributed by atoms with Crippen LogP contribution in [0.1, 0.15) is 11.3 Å².